The predicted octanol–water partition coefficient (Wildman–Crippen LogP) is -2.25. The summed E-state index contributed by atoms with van der Waals surface area (Å²) in [7, 11) is 0. The smallest absolute Gasteiger partial charge is 0.326 e. The fraction of sp³-hybridized carbons (Fsp3) is 0.516. The van der Waals surface area contributed by atoms with Crippen molar-refractivity contribution in [3.63, 3.8) is 0 Å². The number of benzene rings is 1. The van der Waals surface area contributed by atoms with Crippen molar-refractivity contribution in [1.82, 2.24) is 31.6 Å². The zero-order chi connectivity index (χ0) is 36.1. The van der Waals surface area contributed by atoms with E-state index in [1.165, 1.54) is 0 Å². The van der Waals surface area contributed by atoms with Gasteiger partial charge in [-0.25, -0.2) is 4.79 Å². The van der Waals surface area contributed by atoms with Crippen molar-refractivity contribution in [3.05, 3.63) is 36.0 Å². The molecular formula is C31H46N8O9. The van der Waals surface area contributed by atoms with Crippen molar-refractivity contribution >= 4 is 52.3 Å². The average molecular weight is 675 g/mol. The lowest BCUT2D eigenvalue weighted by molar-refractivity contribution is -0.143. The van der Waals surface area contributed by atoms with Crippen LogP contribution in [0.5, 0.6) is 0 Å². The number of amides is 6. The first-order chi connectivity index (χ1) is 22.6. The summed E-state index contributed by atoms with van der Waals surface area (Å²) in [5, 5.41) is 32.4. The summed E-state index contributed by atoms with van der Waals surface area (Å²) < 4.78 is 0. The summed E-state index contributed by atoms with van der Waals surface area (Å²) in [6, 6.07) is 0.307. The first kappa shape index (κ1) is 39.1. The number of hydrogen-bond acceptors (Lipinski definition) is 9. The van der Waals surface area contributed by atoms with Gasteiger partial charge in [0.15, 0.2) is 0 Å². The molecule has 6 amide bonds. The Hall–Kier alpha value is -5.03. The van der Waals surface area contributed by atoms with Gasteiger partial charge in [-0.15, -0.1) is 0 Å². The number of nitrogens with one attached hydrogen (secondary N) is 6. The summed E-state index contributed by atoms with van der Waals surface area (Å²) >= 11 is 0. The largest absolute Gasteiger partial charge is 0.480 e. The molecule has 264 valence electrons. The Morgan fingerprint density at radius 2 is 1.35 bits per heavy atom. The second kappa shape index (κ2) is 18.3. The first-order valence-electron chi connectivity index (χ1n) is 15.5. The van der Waals surface area contributed by atoms with E-state index in [4.69, 9.17) is 11.5 Å². The Morgan fingerprint density at radius 1 is 0.792 bits per heavy atom. The van der Waals surface area contributed by atoms with Crippen molar-refractivity contribution in [1.29, 1.82) is 0 Å². The van der Waals surface area contributed by atoms with E-state index >= 15 is 0 Å². The molecule has 0 spiro atoms. The molecule has 17 heteroatoms. The molecule has 0 unspecified atom stereocenters. The number of nitrogens with two attached hydrogens (primary N) is 2. The average Bonchev–Trinajstić information content (AvgIpc) is 3.42. The molecule has 0 saturated carbocycles. The lowest BCUT2D eigenvalue weighted by atomic mass is 10.00. The van der Waals surface area contributed by atoms with Crippen LogP contribution in [0.4, 0.5) is 0 Å². The predicted molar refractivity (Wildman–Crippen MR) is 174 cm³/mol. The van der Waals surface area contributed by atoms with Crippen LogP contribution in [0.3, 0.4) is 0 Å². The SMILES string of the molecule is CC(C)C[C@H](NC(=O)[C@H](CO)NC(=O)[C@@H](NC(=O)CN)C(C)C)C(=O)N[C@@H](Cc1c[nH]c2ccccc12)C(=O)N[C@@H](CC(N)=O)C(=O)O. The minimum Gasteiger partial charge on any atom is -0.480 e. The molecule has 2 aromatic rings. The summed E-state index contributed by atoms with van der Waals surface area (Å²) in [6.07, 6.45) is 0.916. The van der Waals surface area contributed by atoms with Crippen molar-refractivity contribution in [2.24, 2.45) is 23.3 Å². The van der Waals surface area contributed by atoms with Gasteiger partial charge in [0, 0.05) is 23.5 Å². The maximum atomic E-state index is 13.7. The van der Waals surface area contributed by atoms with Gasteiger partial charge >= 0.3 is 5.97 Å². The highest BCUT2D eigenvalue weighted by molar-refractivity contribution is 5.97. The van der Waals surface area contributed by atoms with Crippen molar-refractivity contribution < 1.29 is 43.8 Å². The number of carboxylic acids is 1. The number of aliphatic hydroxyl groups excluding tert-OH is 1. The van der Waals surface area contributed by atoms with Crippen molar-refractivity contribution in [2.75, 3.05) is 13.2 Å². The summed E-state index contributed by atoms with van der Waals surface area (Å²) in [5.74, 6) is -7.03. The number of carbonyl (C=O) groups is 7. The number of aromatic amines is 1. The Morgan fingerprint density at radius 3 is 1.92 bits per heavy atom. The molecule has 17 nitrogen and oxygen atoms in total. The number of fused-ring (bicyclic) bond motifs is 1. The van der Waals surface area contributed by atoms with Gasteiger partial charge in [0.1, 0.15) is 30.2 Å². The second-order valence-corrected chi connectivity index (χ2v) is 12.1. The van der Waals surface area contributed by atoms with E-state index in [2.05, 4.69) is 31.6 Å². The van der Waals surface area contributed by atoms with Crippen LogP contribution in [0.1, 0.15) is 46.1 Å². The van der Waals surface area contributed by atoms with Gasteiger partial charge in [-0.3, -0.25) is 28.8 Å². The molecule has 12 N–H and O–H groups in total. The van der Waals surface area contributed by atoms with E-state index in [1.807, 2.05) is 0 Å². The van der Waals surface area contributed by atoms with Gasteiger partial charge in [-0.05, 0) is 29.9 Å². The maximum Gasteiger partial charge on any atom is 0.326 e. The van der Waals surface area contributed by atoms with Crippen LogP contribution in [-0.2, 0) is 40.0 Å². The number of rotatable bonds is 19. The van der Waals surface area contributed by atoms with Crippen LogP contribution in [0.15, 0.2) is 30.5 Å². The van der Waals surface area contributed by atoms with E-state index in [-0.39, 0.29) is 25.3 Å². The van der Waals surface area contributed by atoms with Crippen LogP contribution >= 0.6 is 0 Å². The molecule has 5 atom stereocenters. The summed E-state index contributed by atoms with van der Waals surface area (Å²) in [6.45, 7) is 5.67. The molecule has 0 aliphatic heterocycles. The van der Waals surface area contributed by atoms with Crippen LogP contribution in [-0.4, -0.2) is 100.0 Å². The minimum atomic E-state index is -1.67. The highest BCUT2D eigenvalue weighted by Gasteiger charge is 2.33. The molecule has 0 radical (unpaired) electrons. The van der Waals surface area contributed by atoms with E-state index in [0.717, 1.165) is 10.9 Å². The third-order valence-corrected chi connectivity index (χ3v) is 7.36. The lowest BCUT2D eigenvalue weighted by Gasteiger charge is -2.27. The molecule has 1 heterocycles. The van der Waals surface area contributed by atoms with E-state index in [9.17, 15) is 43.8 Å². The third-order valence-electron chi connectivity index (χ3n) is 7.36. The number of primary amides is 1. The third kappa shape index (κ3) is 11.6. The van der Waals surface area contributed by atoms with E-state index in [0.29, 0.717) is 5.56 Å². The normalized spacial score (nSPS) is 14.3. The Balaban J connectivity index is 2.33. The number of aromatic nitrogens is 1. The van der Waals surface area contributed by atoms with Gasteiger partial charge in [-0.1, -0.05) is 45.9 Å². The zero-order valence-corrected chi connectivity index (χ0v) is 27.4. The minimum absolute atomic E-state index is 0.0751. The van der Waals surface area contributed by atoms with Gasteiger partial charge in [0.2, 0.25) is 35.4 Å². The van der Waals surface area contributed by atoms with Crippen molar-refractivity contribution in [3.8, 4) is 0 Å². The fourth-order valence-corrected chi connectivity index (χ4v) is 4.87. The Labute approximate surface area is 277 Å². The molecule has 48 heavy (non-hydrogen) atoms. The standard InChI is InChI=1S/C31H46N8O9/c1-15(2)9-20(35-29(45)23(14-40)38-30(46)26(16(3)4)39-25(42)12-32)27(43)36-21(28(44)37-22(31(47)48)11-24(33)41)10-17-13-34-19-8-6-5-7-18(17)19/h5-8,13,15-16,20-23,26,34,40H,9-12,14,32H2,1-4H3,(H2,33,41)(H,35,45)(H,36,43)(H,37,44)(H,38,46)(H,39,42)(H,47,48)/t20-,21-,22-,23-,26-/m0/s1. The van der Waals surface area contributed by atoms with E-state index < -0.39 is 90.6 Å². The van der Waals surface area contributed by atoms with E-state index in [1.54, 1.807) is 58.2 Å². The van der Waals surface area contributed by atoms with Crippen LogP contribution < -0.4 is 38.1 Å². The fourth-order valence-electron chi connectivity index (χ4n) is 4.87. The van der Waals surface area contributed by atoms with Crippen LogP contribution in [0.25, 0.3) is 10.9 Å². The van der Waals surface area contributed by atoms with Gasteiger partial charge in [0.05, 0.1) is 19.6 Å². The highest BCUT2D eigenvalue weighted by atomic mass is 16.4. The number of hydrogen-bond donors (Lipinski definition) is 10. The van der Waals surface area contributed by atoms with Crippen molar-refractivity contribution in [2.45, 2.75) is 77.2 Å². The number of aliphatic hydroxyl groups is 1. The topological polar surface area (TPSA) is 288 Å². The quantitative estimate of drug-likeness (QED) is 0.0763. The Kier molecular flexibility index (Phi) is 15.0. The van der Waals surface area contributed by atoms with Gasteiger partial charge in [-0.2, -0.15) is 0 Å². The number of aliphatic carboxylic acids is 1. The second-order valence-electron chi connectivity index (χ2n) is 12.1. The molecule has 0 fully saturated rings. The number of carboxylic acid groups (broad SMARTS) is 1. The summed E-state index contributed by atoms with van der Waals surface area (Å²) in [4.78, 5) is 91.4. The molecule has 0 aliphatic carbocycles. The highest BCUT2D eigenvalue weighted by Crippen LogP contribution is 2.19. The number of H-pyrrole nitrogens is 1. The molecule has 0 aliphatic rings. The summed E-state index contributed by atoms with van der Waals surface area (Å²) in [5.41, 5.74) is 11.9. The monoisotopic (exact) mass is 674 g/mol. The molecule has 1 aromatic carbocycles. The van der Waals surface area contributed by atoms with Gasteiger partial charge < -0.3 is 53.2 Å². The first-order valence-corrected chi connectivity index (χ1v) is 15.5. The molecule has 0 bridgehead atoms. The number of carbonyl (C=O) groups excluding carboxylic acids is 6. The van der Waals surface area contributed by atoms with Crippen LogP contribution in [0.2, 0.25) is 0 Å². The molecule has 0 saturated heterocycles. The lowest BCUT2D eigenvalue weighted by Crippen LogP contribution is -2.60. The van der Waals surface area contributed by atoms with Crippen LogP contribution in [0, 0.1) is 11.8 Å². The number of para-hydroxylation sites is 1. The Bertz CT molecular complexity index is 1470. The molecule has 1 aromatic heterocycles. The zero-order valence-electron chi connectivity index (χ0n) is 27.4. The maximum absolute atomic E-state index is 13.7. The molecular weight excluding hydrogens is 628 g/mol. The molecule has 2 rings (SSSR count). The van der Waals surface area contributed by atoms with Gasteiger partial charge in [0.25, 0.3) is 0 Å².